The third-order valence-electron chi connectivity index (χ3n) is 2.58. The van der Waals surface area contributed by atoms with Crippen LogP contribution in [0.3, 0.4) is 0 Å². The summed E-state index contributed by atoms with van der Waals surface area (Å²) in [7, 11) is 0. The molecule has 16 heavy (non-hydrogen) atoms. The van der Waals surface area contributed by atoms with E-state index in [0.29, 0.717) is 5.92 Å². The molecule has 0 aromatic rings. The van der Waals surface area contributed by atoms with Gasteiger partial charge in [-0.15, -0.1) is 0 Å². The lowest BCUT2D eigenvalue weighted by molar-refractivity contribution is 0.0293. The van der Waals surface area contributed by atoms with Crippen molar-refractivity contribution >= 4 is 0 Å². The lowest BCUT2D eigenvalue weighted by Gasteiger charge is -2.26. The zero-order valence-electron chi connectivity index (χ0n) is 10.7. The molecule has 0 radical (unpaired) electrons. The molecule has 1 heterocycles. The molecule has 1 N–H and O–H groups in total. The first kappa shape index (κ1) is 13.9. The molecule has 0 atom stereocenters. The van der Waals surface area contributed by atoms with Gasteiger partial charge in [0.05, 0.1) is 19.8 Å². The monoisotopic (exact) mass is 230 g/mol. The standard InChI is InChI=1S/C12H26N2O2/c1-12(2)11-16-10-9-15-8-7-14-5-3-13-4-6-14/h12-13H,3-11H2,1-2H3. The van der Waals surface area contributed by atoms with Crippen molar-refractivity contribution in [3.05, 3.63) is 0 Å². The van der Waals surface area contributed by atoms with Crippen LogP contribution in [-0.4, -0.2) is 64.1 Å². The maximum atomic E-state index is 5.53. The highest BCUT2D eigenvalue weighted by atomic mass is 16.5. The van der Waals surface area contributed by atoms with Gasteiger partial charge >= 0.3 is 0 Å². The molecule has 4 heteroatoms. The predicted octanol–water partition coefficient (Wildman–Crippen LogP) is 0.581. The van der Waals surface area contributed by atoms with Crippen molar-refractivity contribution in [3.8, 4) is 0 Å². The Hall–Kier alpha value is -0.160. The van der Waals surface area contributed by atoms with Crippen LogP contribution in [0.2, 0.25) is 0 Å². The fourth-order valence-corrected chi connectivity index (χ4v) is 1.67. The molecule has 1 rings (SSSR count). The molecule has 0 bridgehead atoms. The van der Waals surface area contributed by atoms with Crippen LogP contribution in [0.25, 0.3) is 0 Å². The van der Waals surface area contributed by atoms with Crippen molar-refractivity contribution in [2.45, 2.75) is 13.8 Å². The van der Waals surface area contributed by atoms with E-state index in [-0.39, 0.29) is 0 Å². The molecule has 1 aliphatic rings. The van der Waals surface area contributed by atoms with E-state index in [4.69, 9.17) is 9.47 Å². The Bertz CT molecular complexity index is 159. The molecule has 1 saturated heterocycles. The Morgan fingerprint density at radius 2 is 1.75 bits per heavy atom. The average Bonchev–Trinajstić information content (AvgIpc) is 2.29. The smallest absolute Gasteiger partial charge is 0.0701 e. The number of piperazine rings is 1. The van der Waals surface area contributed by atoms with Crippen LogP contribution in [0.4, 0.5) is 0 Å². The summed E-state index contributed by atoms with van der Waals surface area (Å²) in [4.78, 5) is 2.44. The van der Waals surface area contributed by atoms with Crippen molar-refractivity contribution in [2.75, 3.05) is 59.2 Å². The number of hydrogen-bond acceptors (Lipinski definition) is 4. The predicted molar refractivity (Wildman–Crippen MR) is 65.8 cm³/mol. The quantitative estimate of drug-likeness (QED) is 0.619. The van der Waals surface area contributed by atoms with Gasteiger partial charge in [0.25, 0.3) is 0 Å². The van der Waals surface area contributed by atoms with Crippen LogP contribution in [0.1, 0.15) is 13.8 Å². The van der Waals surface area contributed by atoms with Crippen LogP contribution in [0.5, 0.6) is 0 Å². The van der Waals surface area contributed by atoms with E-state index in [2.05, 4.69) is 24.1 Å². The van der Waals surface area contributed by atoms with Gasteiger partial charge in [-0.3, -0.25) is 4.90 Å². The number of rotatable bonds is 8. The molecule has 0 aliphatic carbocycles. The Morgan fingerprint density at radius 1 is 1.06 bits per heavy atom. The number of hydrogen-bond donors (Lipinski definition) is 1. The second-order valence-corrected chi connectivity index (χ2v) is 4.67. The van der Waals surface area contributed by atoms with E-state index in [1.807, 2.05) is 0 Å². The molecule has 4 nitrogen and oxygen atoms in total. The first-order chi connectivity index (χ1) is 7.79. The molecule has 0 aromatic carbocycles. The van der Waals surface area contributed by atoms with Crippen LogP contribution in [-0.2, 0) is 9.47 Å². The highest BCUT2D eigenvalue weighted by Crippen LogP contribution is 1.93. The van der Waals surface area contributed by atoms with Crippen LogP contribution < -0.4 is 5.32 Å². The van der Waals surface area contributed by atoms with Gasteiger partial charge in [0.2, 0.25) is 0 Å². The van der Waals surface area contributed by atoms with Crippen LogP contribution in [0, 0.1) is 5.92 Å². The zero-order valence-corrected chi connectivity index (χ0v) is 10.7. The minimum Gasteiger partial charge on any atom is -0.379 e. The fraction of sp³-hybridized carbons (Fsp3) is 1.00. The number of nitrogens with one attached hydrogen (secondary N) is 1. The molecule has 0 saturated carbocycles. The summed E-state index contributed by atoms with van der Waals surface area (Å²) in [5.74, 6) is 0.612. The Labute approximate surface area is 99.3 Å². The molecule has 1 aliphatic heterocycles. The summed E-state index contributed by atoms with van der Waals surface area (Å²) < 4.78 is 11.0. The summed E-state index contributed by atoms with van der Waals surface area (Å²) in [6, 6.07) is 0. The summed E-state index contributed by atoms with van der Waals surface area (Å²) in [6.07, 6.45) is 0. The maximum Gasteiger partial charge on any atom is 0.0701 e. The van der Waals surface area contributed by atoms with E-state index < -0.39 is 0 Å². The molecule has 0 unspecified atom stereocenters. The molecular formula is C12H26N2O2. The summed E-state index contributed by atoms with van der Waals surface area (Å²) in [5.41, 5.74) is 0. The highest BCUT2D eigenvalue weighted by molar-refractivity contribution is 4.66. The van der Waals surface area contributed by atoms with Crippen molar-refractivity contribution in [3.63, 3.8) is 0 Å². The normalized spacial score (nSPS) is 18.2. The van der Waals surface area contributed by atoms with Gasteiger partial charge in [-0.25, -0.2) is 0 Å². The second-order valence-electron chi connectivity index (χ2n) is 4.67. The Kier molecular flexibility index (Phi) is 7.76. The Balaban J connectivity index is 1.80. The molecule has 0 aromatic heterocycles. The first-order valence-corrected chi connectivity index (χ1v) is 6.37. The van der Waals surface area contributed by atoms with Crippen molar-refractivity contribution in [1.29, 1.82) is 0 Å². The largest absolute Gasteiger partial charge is 0.379 e. The van der Waals surface area contributed by atoms with Crippen molar-refractivity contribution in [1.82, 2.24) is 10.2 Å². The van der Waals surface area contributed by atoms with Gasteiger partial charge in [0.1, 0.15) is 0 Å². The highest BCUT2D eigenvalue weighted by Gasteiger charge is 2.08. The summed E-state index contributed by atoms with van der Waals surface area (Å²) in [5, 5.41) is 3.34. The minimum atomic E-state index is 0.612. The van der Waals surface area contributed by atoms with Crippen molar-refractivity contribution in [2.24, 2.45) is 5.92 Å². The van der Waals surface area contributed by atoms with Gasteiger partial charge in [-0.2, -0.15) is 0 Å². The summed E-state index contributed by atoms with van der Waals surface area (Å²) in [6.45, 7) is 13.0. The van der Waals surface area contributed by atoms with E-state index in [0.717, 1.165) is 59.2 Å². The molecular weight excluding hydrogens is 204 g/mol. The third-order valence-corrected chi connectivity index (χ3v) is 2.58. The first-order valence-electron chi connectivity index (χ1n) is 6.37. The van der Waals surface area contributed by atoms with E-state index >= 15 is 0 Å². The van der Waals surface area contributed by atoms with Crippen LogP contribution in [0.15, 0.2) is 0 Å². The third kappa shape index (κ3) is 7.17. The van der Waals surface area contributed by atoms with E-state index in [9.17, 15) is 0 Å². The summed E-state index contributed by atoms with van der Waals surface area (Å²) >= 11 is 0. The molecule has 0 spiro atoms. The second kappa shape index (κ2) is 8.93. The van der Waals surface area contributed by atoms with Gasteiger partial charge in [0.15, 0.2) is 0 Å². The lowest BCUT2D eigenvalue weighted by atomic mass is 10.2. The Morgan fingerprint density at radius 3 is 2.44 bits per heavy atom. The van der Waals surface area contributed by atoms with E-state index in [1.165, 1.54) is 0 Å². The van der Waals surface area contributed by atoms with Crippen LogP contribution >= 0.6 is 0 Å². The SMILES string of the molecule is CC(C)COCCOCCN1CCNCC1. The minimum absolute atomic E-state index is 0.612. The molecule has 0 amide bonds. The van der Waals surface area contributed by atoms with Gasteiger partial charge in [0, 0.05) is 39.3 Å². The van der Waals surface area contributed by atoms with Gasteiger partial charge in [-0.1, -0.05) is 13.8 Å². The number of ether oxygens (including phenoxy) is 2. The van der Waals surface area contributed by atoms with E-state index in [1.54, 1.807) is 0 Å². The zero-order chi connectivity index (χ0) is 11.6. The maximum absolute atomic E-state index is 5.53. The molecule has 1 fully saturated rings. The number of nitrogens with zero attached hydrogens (tertiary/aromatic N) is 1. The van der Waals surface area contributed by atoms with Gasteiger partial charge < -0.3 is 14.8 Å². The molecule has 96 valence electrons. The fourth-order valence-electron chi connectivity index (χ4n) is 1.67. The average molecular weight is 230 g/mol. The topological polar surface area (TPSA) is 33.7 Å². The van der Waals surface area contributed by atoms with Gasteiger partial charge in [-0.05, 0) is 5.92 Å². The van der Waals surface area contributed by atoms with Crippen molar-refractivity contribution < 1.29 is 9.47 Å². The lowest BCUT2D eigenvalue weighted by Crippen LogP contribution is -2.44.